The van der Waals surface area contributed by atoms with Gasteiger partial charge < -0.3 is 15.4 Å². The number of benzene rings is 2. The van der Waals surface area contributed by atoms with Crippen LogP contribution in [-0.4, -0.2) is 25.1 Å². The zero-order chi connectivity index (χ0) is 26.8. The lowest BCUT2D eigenvalue weighted by Crippen LogP contribution is -2.36. The first-order valence-electron chi connectivity index (χ1n) is 12.7. The third-order valence-corrected chi connectivity index (χ3v) is 8.15. The number of pyridine rings is 1. The highest BCUT2D eigenvalue weighted by Crippen LogP contribution is 2.42. The van der Waals surface area contributed by atoms with Gasteiger partial charge in [-0.2, -0.15) is 5.10 Å². The lowest BCUT2D eigenvalue weighted by atomic mass is 10.1. The lowest BCUT2D eigenvalue weighted by Gasteiger charge is -2.27. The van der Waals surface area contributed by atoms with E-state index in [4.69, 9.17) is 15.5 Å². The Labute approximate surface area is 236 Å². The summed E-state index contributed by atoms with van der Waals surface area (Å²) in [5.41, 5.74) is 11.4. The number of fused-ring (bicyclic) bond motifs is 1. The van der Waals surface area contributed by atoms with Crippen LogP contribution in [0.4, 0.5) is 5.82 Å². The second kappa shape index (κ2) is 11.1. The van der Waals surface area contributed by atoms with Crippen molar-refractivity contribution in [2.24, 2.45) is 5.73 Å². The molecule has 0 radical (unpaired) electrons. The number of aryl methyl sites for hydroxylation is 3. The number of ether oxygens (including phenoxy) is 1. The van der Waals surface area contributed by atoms with E-state index in [1.807, 2.05) is 79.2 Å². The van der Waals surface area contributed by atoms with Crippen LogP contribution in [0.25, 0.3) is 5.65 Å². The molecule has 6 rings (SSSR count). The van der Waals surface area contributed by atoms with Gasteiger partial charge in [-0.25, -0.2) is 14.5 Å². The Morgan fingerprint density at radius 3 is 2.51 bits per heavy atom. The van der Waals surface area contributed by atoms with Gasteiger partial charge in [0.05, 0.1) is 5.69 Å². The van der Waals surface area contributed by atoms with Crippen LogP contribution in [0.2, 0.25) is 0 Å². The van der Waals surface area contributed by atoms with Gasteiger partial charge in [0.25, 0.3) is 0 Å². The van der Waals surface area contributed by atoms with Crippen molar-refractivity contribution in [2.45, 2.75) is 42.1 Å². The summed E-state index contributed by atoms with van der Waals surface area (Å²) in [4.78, 5) is 12.5. The summed E-state index contributed by atoms with van der Waals surface area (Å²) in [7, 11) is 0. The average molecular weight is 553 g/mol. The normalized spacial score (nSPS) is 15.1. The van der Waals surface area contributed by atoms with Gasteiger partial charge in [0.15, 0.2) is 17.2 Å². The van der Waals surface area contributed by atoms with Crippen molar-refractivity contribution in [1.29, 1.82) is 0 Å². The van der Waals surface area contributed by atoms with Crippen molar-refractivity contribution >= 4 is 35.0 Å². The minimum Gasteiger partial charge on any atom is -0.453 e. The summed E-state index contributed by atoms with van der Waals surface area (Å²) in [6.07, 6.45) is 3.64. The maximum absolute atomic E-state index is 6.59. The number of nitrogens with zero attached hydrogens (tertiary/aromatic N) is 5. The highest BCUT2D eigenvalue weighted by atomic mass is 32.2. The van der Waals surface area contributed by atoms with E-state index < -0.39 is 0 Å². The number of thioether (sulfide) groups is 1. The highest BCUT2D eigenvalue weighted by Gasteiger charge is 2.29. The van der Waals surface area contributed by atoms with Gasteiger partial charge in [-0.15, -0.1) is 0 Å². The van der Waals surface area contributed by atoms with Gasteiger partial charge >= 0.3 is 0 Å². The van der Waals surface area contributed by atoms with Crippen LogP contribution in [0.15, 0.2) is 106 Å². The number of allylic oxidation sites excluding steroid dienone is 1. The molecule has 1 atom stereocenters. The van der Waals surface area contributed by atoms with Gasteiger partial charge in [-0.05, 0) is 55.9 Å². The van der Waals surface area contributed by atoms with Gasteiger partial charge in [-0.3, -0.25) is 0 Å². The quantitative estimate of drug-likeness (QED) is 0.207. The number of hydrogen-bond donors (Lipinski definition) is 1. The second-order valence-corrected chi connectivity index (χ2v) is 11.4. The summed E-state index contributed by atoms with van der Waals surface area (Å²) in [6, 6.07) is 26.3. The molecule has 0 saturated carbocycles. The molecular weight excluding hydrogens is 525 g/mol. The third-order valence-electron chi connectivity index (χ3n) is 6.29. The number of aromatic nitrogens is 4. The molecule has 1 aliphatic heterocycles. The van der Waals surface area contributed by atoms with E-state index >= 15 is 0 Å². The van der Waals surface area contributed by atoms with Gasteiger partial charge in [0.2, 0.25) is 0 Å². The molecule has 1 aliphatic rings. The Morgan fingerprint density at radius 2 is 1.72 bits per heavy atom. The van der Waals surface area contributed by atoms with Crippen molar-refractivity contribution in [1.82, 2.24) is 19.6 Å². The van der Waals surface area contributed by atoms with Crippen LogP contribution < -0.4 is 15.4 Å². The van der Waals surface area contributed by atoms with E-state index in [9.17, 15) is 0 Å². The number of anilines is 1. The Morgan fingerprint density at radius 1 is 0.949 bits per heavy atom. The Hall–Kier alpha value is -3.79. The van der Waals surface area contributed by atoms with Crippen LogP contribution in [0.1, 0.15) is 23.4 Å². The monoisotopic (exact) mass is 552 g/mol. The van der Waals surface area contributed by atoms with E-state index in [-0.39, 0.29) is 5.50 Å². The zero-order valence-electron chi connectivity index (χ0n) is 21.7. The largest absolute Gasteiger partial charge is 0.453 e. The summed E-state index contributed by atoms with van der Waals surface area (Å²) >= 11 is 3.17. The van der Waals surface area contributed by atoms with Crippen LogP contribution in [0.3, 0.4) is 0 Å². The van der Waals surface area contributed by atoms with Crippen molar-refractivity contribution < 1.29 is 4.74 Å². The van der Waals surface area contributed by atoms with Crippen molar-refractivity contribution in [3.05, 3.63) is 113 Å². The smallest absolute Gasteiger partial charge is 0.178 e. The molecule has 39 heavy (non-hydrogen) atoms. The topological polar surface area (TPSA) is 81.6 Å². The number of rotatable bonds is 8. The molecule has 2 N–H and O–H groups in total. The summed E-state index contributed by atoms with van der Waals surface area (Å²) < 4.78 is 8.30. The molecule has 0 bridgehead atoms. The molecule has 3 aromatic heterocycles. The SMILES string of the molecule is Cc1cc(Sc2cnc(N3C(CCc4ccccc4)=CSC3N)c(Oc3ccccc3)c2)n2nc(C)cc2n1. The number of hydrogen-bond acceptors (Lipinski definition) is 8. The lowest BCUT2D eigenvalue weighted by molar-refractivity contribution is 0.477. The maximum atomic E-state index is 6.59. The predicted molar refractivity (Wildman–Crippen MR) is 158 cm³/mol. The van der Waals surface area contributed by atoms with Gasteiger partial charge in [-0.1, -0.05) is 72.1 Å². The highest BCUT2D eigenvalue weighted by molar-refractivity contribution is 8.03. The van der Waals surface area contributed by atoms with E-state index in [0.717, 1.165) is 51.2 Å². The first kappa shape index (κ1) is 25.5. The summed E-state index contributed by atoms with van der Waals surface area (Å²) in [6.45, 7) is 3.97. The van der Waals surface area contributed by atoms with E-state index in [2.05, 4.69) is 44.7 Å². The van der Waals surface area contributed by atoms with Crippen molar-refractivity contribution in [3.63, 3.8) is 0 Å². The summed E-state index contributed by atoms with van der Waals surface area (Å²) in [5.74, 6) is 2.09. The summed E-state index contributed by atoms with van der Waals surface area (Å²) in [5, 5.41) is 7.73. The molecule has 2 aromatic carbocycles. The fourth-order valence-corrected chi connectivity index (χ4v) is 6.35. The van der Waals surface area contributed by atoms with E-state index in [1.54, 1.807) is 23.5 Å². The number of para-hydroxylation sites is 1. The number of nitrogens with two attached hydrogens (primary N) is 1. The molecule has 0 spiro atoms. The average Bonchev–Trinajstić information content (AvgIpc) is 3.50. The zero-order valence-corrected chi connectivity index (χ0v) is 23.3. The minimum atomic E-state index is -0.283. The van der Waals surface area contributed by atoms with E-state index in [0.29, 0.717) is 11.6 Å². The van der Waals surface area contributed by atoms with Crippen LogP contribution >= 0.6 is 23.5 Å². The molecule has 5 aromatic rings. The molecule has 0 saturated heterocycles. The fourth-order valence-electron chi connectivity index (χ4n) is 4.50. The van der Waals surface area contributed by atoms with E-state index in [1.165, 1.54) is 5.56 Å². The van der Waals surface area contributed by atoms with Crippen LogP contribution in [-0.2, 0) is 6.42 Å². The molecule has 196 valence electrons. The Balaban J connectivity index is 1.35. The van der Waals surface area contributed by atoms with Crippen molar-refractivity contribution in [3.8, 4) is 11.5 Å². The van der Waals surface area contributed by atoms with Crippen LogP contribution in [0.5, 0.6) is 11.5 Å². The fraction of sp³-hybridized carbons (Fsp3) is 0.167. The molecule has 0 amide bonds. The molecule has 0 fully saturated rings. The maximum Gasteiger partial charge on any atom is 0.178 e. The standard InChI is InChI=1S/C30H28N6OS2/c1-20-16-28(36-27(33-20)15-21(2)34-36)39-25-17-26(37-24-11-7-4-8-12-24)29(32-18-25)35-23(19-38-30(35)31)14-13-22-9-5-3-6-10-22/h3-12,15-19,30H,13-14,31H2,1-2H3. The van der Waals surface area contributed by atoms with Crippen molar-refractivity contribution in [2.75, 3.05) is 4.90 Å². The molecule has 0 aliphatic carbocycles. The molecule has 9 heteroatoms. The first-order valence-corrected chi connectivity index (χ1v) is 14.5. The second-order valence-electron chi connectivity index (χ2n) is 9.29. The first-order chi connectivity index (χ1) is 19.0. The van der Waals surface area contributed by atoms with Gasteiger partial charge in [0.1, 0.15) is 16.3 Å². The predicted octanol–water partition coefficient (Wildman–Crippen LogP) is 6.95. The Kier molecular flexibility index (Phi) is 7.28. The van der Waals surface area contributed by atoms with Crippen LogP contribution in [0, 0.1) is 13.8 Å². The molecule has 1 unspecified atom stereocenters. The Bertz CT molecular complexity index is 1640. The molecule has 4 heterocycles. The third kappa shape index (κ3) is 5.66. The minimum absolute atomic E-state index is 0.283. The molecular formula is C30H28N6OS2. The molecule has 7 nitrogen and oxygen atoms in total. The van der Waals surface area contributed by atoms with Gasteiger partial charge in [0, 0.05) is 34.6 Å².